The predicted octanol–water partition coefficient (Wildman–Crippen LogP) is 2.26. The zero-order chi connectivity index (χ0) is 11.4. The Kier molecular flexibility index (Phi) is 4.58. The van der Waals surface area contributed by atoms with Gasteiger partial charge in [-0.1, -0.05) is 13.8 Å². The second-order valence-electron chi connectivity index (χ2n) is 5.13. The lowest BCUT2D eigenvalue weighted by Gasteiger charge is -2.34. The molecule has 1 rings (SSSR count). The SMILES string of the molecule is CC(CC(=O)O)NC1CCC(C)C(C)C1. The van der Waals surface area contributed by atoms with Crippen molar-refractivity contribution in [1.82, 2.24) is 5.32 Å². The van der Waals surface area contributed by atoms with E-state index in [1.54, 1.807) is 0 Å². The van der Waals surface area contributed by atoms with Crippen LogP contribution in [0.5, 0.6) is 0 Å². The molecule has 1 aliphatic carbocycles. The number of carbonyl (C=O) groups is 1. The number of carboxylic acids is 1. The summed E-state index contributed by atoms with van der Waals surface area (Å²) in [4.78, 5) is 10.5. The van der Waals surface area contributed by atoms with Gasteiger partial charge in [-0.05, 0) is 38.0 Å². The molecule has 0 aromatic rings. The van der Waals surface area contributed by atoms with E-state index in [1.807, 2.05) is 6.92 Å². The van der Waals surface area contributed by atoms with Crippen molar-refractivity contribution in [2.45, 2.75) is 58.5 Å². The van der Waals surface area contributed by atoms with Crippen molar-refractivity contribution >= 4 is 5.97 Å². The summed E-state index contributed by atoms with van der Waals surface area (Å²) in [5.41, 5.74) is 0. The smallest absolute Gasteiger partial charge is 0.304 e. The number of aliphatic carboxylic acids is 1. The third-order valence-electron chi connectivity index (χ3n) is 3.60. The molecule has 0 aromatic heterocycles. The van der Waals surface area contributed by atoms with E-state index in [4.69, 9.17) is 5.11 Å². The van der Waals surface area contributed by atoms with Gasteiger partial charge in [-0.3, -0.25) is 4.79 Å². The van der Waals surface area contributed by atoms with Crippen molar-refractivity contribution < 1.29 is 9.90 Å². The van der Waals surface area contributed by atoms with Crippen molar-refractivity contribution in [3.63, 3.8) is 0 Å². The minimum atomic E-state index is -0.716. The summed E-state index contributed by atoms with van der Waals surface area (Å²) in [6.45, 7) is 6.55. The van der Waals surface area contributed by atoms with Crippen LogP contribution in [-0.2, 0) is 4.79 Å². The number of hydrogen-bond acceptors (Lipinski definition) is 2. The maximum Gasteiger partial charge on any atom is 0.304 e. The molecule has 4 unspecified atom stereocenters. The average molecular weight is 213 g/mol. The van der Waals surface area contributed by atoms with Crippen molar-refractivity contribution in [3.8, 4) is 0 Å². The Balaban J connectivity index is 2.30. The fourth-order valence-corrected chi connectivity index (χ4v) is 2.42. The third-order valence-corrected chi connectivity index (χ3v) is 3.60. The van der Waals surface area contributed by atoms with Gasteiger partial charge < -0.3 is 10.4 Å². The van der Waals surface area contributed by atoms with Crippen LogP contribution in [0.3, 0.4) is 0 Å². The monoisotopic (exact) mass is 213 g/mol. The van der Waals surface area contributed by atoms with Crippen LogP contribution in [0.4, 0.5) is 0 Å². The molecule has 0 spiro atoms. The summed E-state index contributed by atoms with van der Waals surface area (Å²) in [6, 6.07) is 0.610. The first kappa shape index (κ1) is 12.5. The maximum absolute atomic E-state index is 10.5. The Morgan fingerprint density at radius 2 is 2.07 bits per heavy atom. The molecule has 1 fully saturated rings. The van der Waals surface area contributed by atoms with Crippen LogP contribution in [0.1, 0.15) is 46.5 Å². The zero-order valence-electron chi connectivity index (χ0n) is 9.99. The molecule has 0 heterocycles. The third kappa shape index (κ3) is 4.20. The van der Waals surface area contributed by atoms with Crippen molar-refractivity contribution in [3.05, 3.63) is 0 Å². The lowest BCUT2D eigenvalue weighted by Crippen LogP contribution is -2.41. The van der Waals surface area contributed by atoms with Crippen molar-refractivity contribution in [2.24, 2.45) is 11.8 Å². The van der Waals surface area contributed by atoms with E-state index in [2.05, 4.69) is 19.2 Å². The Labute approximate surface area is 92.3 Å². The zero-order valence-corrected chi connectivity index (χ0v) is 9.99. The van der Waals surface area contributed by atoms with Crippen LogP contribution >= 0.6 is 0 Å². The summed E-state index contributed by atoms with van der Waals surface area (Å²) in [6.07, 6.45) is 3.86. The Morgan fingerprint density at radius 1 is 1.40 bits per heavy atom. The van der Waals surface area contributed by atoms with Crippen LogP contribution in [0.25, 0.3) is 0 Å². The van der Waals surface area contributed by atoms with E-state index in [0.29, 0.717) is 6.04 Å². The van der Waals surface area contributed by atoms with Crippen LogP contribution in [0.2, 0.25) is 0 Å². The number of hydrogen-bond donors (Lipinski definition) is 2. The number of carboxylic acid groups (broad SMARTS) is 1. The molecule has 2 N–H and O–H groups in total. The fourth-order valence-electron chi connectivity index (χ4n) is 2.42. The summed E-state index contributed by atoms with van der Waals surface area (Å²) in [7, 11) is 0. The van der Waals surface area contributed by atoms with Crippen molar-refractivity contribution in [1.29, 1.82) is 0 Å². The minimum Gasteiger partial charge on any atom is -0.481 e. The largest absolute Gasteiger partial charge is 0.481 e. The lowest BCUT2D eigenvalue weighted by atomic mass is 9.79. The molecule has 3 heteroatoms. The average Bonchev–Trinajstić information content (AvgIpc) is 2.10. The molecule has 0 saturated heterocycles. The molecule has 4 atom stereocenters. The first-order valence-electron chi connectivity index (χ1n) is 5.97. The van der Waals surface area contributed by atoms with Gasteiger partial charge in [0.1, 0.15) is 0 Å². The van der Waals surface area contributed by atoms with E-state index in [-0.39, 0.29) is 12.5 Å². The summed E-state index contributed by atoms with van der Waals surface area (Å²) in [5, 5.41) is 12.1. The lowest BCUT2D eigenvalue weighted by molar-refractivity contribution is -0.137. The molecule has 0 aromatic carbocycles. The van der Waals surface area contributed by atoms with E-state index >= 15 is 0 Å². The molecule has 3 nitrogen and oxygen atoms in total. The predicted molar refractivity (Wildman–Crippen MR) is 60.8 cm³/mol. The highest BCUT2D eigenvalue weighted by atomic mass is 16.4. The number of rotatable bonds is 4. The summed E-state index contributed by atoms with van der Waals surface area (Å²) < 4.78 is 0. The van der Waals surface area contributed by atoms with Crippen LogP contribution in [-0.4, -0.2) is 23.2 Å². The molecular formula is C12H23NO2. The van der Waals surface area contributed by atoms with Gasteiger partial charge in [-0.2, -0.15) is 0 Å². The van der Waals surface area contributed by atoms with Gasteiger partial charge in [0.05, 0.1) is 6.42 Å². The molecular weight excluding hydrogens is 190 g/mol. The van der Waals surface area contributed by atoms with Gasteiger partial charge in [-0.25, -0.2) is 0 Å². The molecule has 1 saturated carbocycles. The van der Waals surface area contributed by atoms with E-state index in [9.17, 15) is 4.79 Å². The standard InChI is InChI=1S/C12H23NO2/c1-8-4-5-11(6-9(8)2)13-10(3)7-12(14)15/h8-11,13H,4-7H2,1-3H3,(H,14,15). The highest BCUT2D eigenvalue weighted by Gasteiger charge is 2.25. The minimum absolute atomic E-state index is 0.0908. The van der Waals surface area contributed by atoms with Crippen LogP contribution in [0.15, 0.2) is 0 Å². The molecule has 0 bridgehead atoms. The first-order chi connectivity index (χ1) is 6.99. The van der Waals surface area contributed by atoms with Gasteiger partial charge in [0.25, 0.3) is 0 Å². The summed E-state index contributed by atoms with van der Waals surface area (Å²) >= 11 is 0. The second kappa shape index (κ2) is 5.50. The first-order valence-corrected chi connectivity index (χ1v) is 5.97. The van der Waals surface area contributed by atoms with Gasteiger partial charge in [-0.15, -0.1) is 0 Å². The Bertz CT molecular complexity index is 218. The van der Waals surface area contributed by atoms with E-state index in [1.165, 1.54) is 19.3 Å². The van der Waals surface area contributed by atoms with Gasteiger partial charge in [0.2, 0.25) is 0 Å². The van der Waals surface area contributed by atoms with Crippen molar-refractivity contribution in [2.75, 3.05) is 0 Å². The molecule has 0 aliphatic heterocycles. The fraction of sp³-hybridized carbons (Fsp3) is 0.917. The highest BCUT2D eigenvalue weighted by molar-refractivity contribution is 5.67. The molecule has 0 amide bonds. The van der Waals surface area contributed by atoms with Gasteiger partial charge in [0, 0.05) is 12.1 Å². The highest BCUT2D eigenvalue weighted by Crippen LogP contribution is 2.29. The second-order valence-corrected chi connectivity index (χ2v) is 5.13. The van der Waals surface area contributed by atoms with E-state index < -0.39 is 5.97 Å². The van der Waals surface area contributed by atoms with Crippen LogP contribution < -0.4 is 5.32 Å². The Morgan fingerprint density at radius 3 is 2.60 bits per heavy atom. The van der Waals surface area contributed by atoms with Gasteiger partial charge in [0.15, 0.2) is 0 Å². The Hall–Kier alpha value is -0.570. The quantitative estimate of drug-likeness (QED) is 0.753. The molecule has 15 heavy (non-hydrogen) atoms. The van der Waals surface area contributed by atoms with Crippen LogP contribution in [0, 0.1) is 11.8 Å². The molecule has 88 valence electrons. The normalized spacial score (nSPS) is 33.7. The number of nitrogens with one attached hydrogen (secondary N) is 1. The topological polar surface area (TPSA) is 49.3 Å². The van der Waals surface area contributed by atoms with E-state index in [0.717, 1.165) is 11.8 Å². The molecule has 1 aliphatic rings. The molecule has 0 radical (unpaired) electrons. The summed E-state index contributed by atoms with van der Waals surface area (Å²) in [5.74, 6) is 0.860. The maximum atomic E-state index is 10.5. The van der Waals surface area contributed by atoms with Gasteiger partial charge >= 0.3 is 5.97 Å².